The van der Waals surface area contributed by atoms with Crippen molar-refractivity contribution in [3.8, 4) is 0 Å². The zero-order chi connectivity index (χ0) is 12.0. The van der Waals surface area contributed by atoms with E-state index in [2.05, 4.69) is 40.2 Å². The highest BCUT2D eigenvalue weighted by atomic mass is 79.9. The van der Waals surface area contributed by atoms with Crippen LogP contribution < -0.4 is 5.32 Å². The standard InChI is InChI=1S/C11H20BrN3O/c1-4-9-11(12)10(15(5-2)14-9)8-13-6-7-16-3/h13H,4-8H2,1-3H3. The van der Waals surface area contributed by atoms with Gasteiger partial charge in [-0.05, 0) is 29.3 Å². The van der Waals surface area contributed by atoms with Crippen molar-refractivity contribution >= 4 is 15.9 Å². The predicted molar refractivity (Wildman–Crippen MR) is 68.6 cm³/mol. The zero-order valence-electron chi connectivity index (χ0n) is 10.2. The smallest absolute Gasteiger partial charge is 0.0767 e. The molecule has 0 saturated carbocycles. The Morgan fingerprint density at radius 2 is 2.19 bits per heavy atom. The van der Waals surface area contributed by atoms with Crippen LogP contribution >= 0.6 is 15.9 Å². The van der Waals surface area contributed by atoms with Crippen molar-refractivity contribution in [3.05, 3.63) is 15.9 Å². The molecule has 0 spiro atoms. The summed E-state index contributed by atoms with van der Waals surface area (Å²) in [6, 6.07) is 0. The summed E-state index contributed by atoms with van der Waals surface area (Å²) in [6.07, 6.45) is 0.957. The summed E-state index contributed by atoms with van der Waals surface area (Å²) >= 11 is 3.62. The van der Waals surface area contributed by atoms with Crippen molar-refractivity contribution in [1.82, 2.24) is 15.1 Å². The van der Waals surface area contributed by atoms with Crippen LogP contribution in [0.3, 0.4) is 0 Å². The molecule has 0 radical (unpaired) electrons. The van der Waals surface area contributed by atoms with E-state index in [-0.39, 0.29) is 0 Å². The average Bonchev–Trinajstić information content (AvgIpc) is 2.61. The minimum Gasteiger partial charge on any atom is -0.383 e. The van der Waals surface area contributed by atoms with Gasteiger partial charge < -0.3 is 10.1 Å². The summed E-state index contributed by atoms with van der Waals surface area (Å²) in [4.78, 5) is 0. The number of nitrogens with zero attached hydrogens (tertiary/aromatic N) is 2. The number of aromatic nitrogens is 2. The van der Waals surface area contributed by atoms with Crippen LogP contribution in [0, 0.1) is 0 Å². The summed E-state index contributed by atoms with van der Waals surface area (Å²) in [5.74, 6) is 0. The number of halogens is 1. The molecule has 0 unspecified atom stereocenters. The molecular weight excluding hydrogens is 270 g/mol. The number of nitrogens with one attached hydrogen (secondary N) is 1. The molecule has 92 valence electrons. The first-order chi connectivity index (χ1) is 7.74. The second kappa shape index (κ2) is 7.04. The van der Waals surface area contributed by atoms with Crippen LogP contribution in [0.2, 0.25) is 0 Å². The van der Waals surface area contributed by atoms with Gasteiger partial charge in [0, 0.05) is 26.7 Å². The monoisotopic (exact) mass is 289 g/mol. The first-order valence-electron chi connectivity index (χ1n) is 5.68. The van der Waals surface area contributed by atoms with Crippen molar-refractivity contribution in [3.63, 3.8) is 0 Å². The lowest BCUT2D eigenvalue weighted by molar-refractivity contribution is 0.199. The molecule has 0 aliphatic rings. The molecule has 5 heteroatoms. The van der Waals surface area contributed by atoms with E-state index in [1.807, 2.05) is 4.68 Å². The summed E-state index contributed by atoms with van der Waals surface area (Å²) in [6.45, 7) is 7.55. The molecule has 1 aromatic heterocycles. The van der Waals surface area contributed by atoms with E-state index in [0.717, 1.165) is 42.8 Å². The molecule has 1 rings (SSSR count). The summed E-state index contributed by atoms with van der Waals surface area (Å²) in [5.41, 5.74) is 2.35. The lowest BCUT2D eigenvalue weighted by Gasteiger charge is -2.06. The van der Waals surface area contributed by atoms with Crippen molar-refractivity contribution in [2.45, 2.75) is 33.4 Å². The fraction of sp³-hybridized carbons (Fsp3) is 0.727. The average molecular weight is 290 g/mol. The van der Waals surface area contributed by atoms with Gasteiger partial charge in [0.2, 0.25) is 0 Å². The summed E-state index contributed by atoms with van der Waals surface area (Å²) in [7, 11) is 1.71. The number of methoxy groups -OCH3 is 1. The largest absolute Gasteiger partial charge is 0.383 e. The third kappa shape index (κ3) is 3.30. The first kappa shape index (κ1) is 13.7. The molecule has 1 aromatic rings. The Bertz CT molecular complexity index is 325. The quantitative estimate of drug-likeness (QED) is 0.780. The Balaban J connectivity index is 2.65. The van der Waals surface area contributed by atoms with E-state index in [1.165, 1.54) is 5.69 Å². The number of hydrogen-bond donors (Lipinski definition) is 1. The number of aryl methyl sites for hydroxylation is 2. The molecule has 0 bridgehead atoms. The molecule has 16 heavy (non-hydrogen) atoms. The third-order valence-electron chi connectivity index (χ3n) is 2.47. The Kier molecular flexibility index (Phi) is 6.01. The van der Waals surface area contributed by atoms with Crippen molar-refractivity contribution in [2.24, 2.45) is 0 Å². The minimum absolute atomic E-state index is 0.735. The highest BCUT2D eigenvalue weighted by Gasteiger charge is 2.12. The van der Waals surface area contributed by atoms with E-state index in [9.17, 15) is 0 Å². The molecule has 0 aliphatic carbocycles. The topological polar surface area (TPSA) is 39.1 Å². The maximum atomic E-state index is 5.00. The van der Waals surface area contributed by atoms with E-state index in [1.54, 1.807) is 7.11 Å². The number of rotatable bonds is 7. The maximum absolute atomic E-state index is 5.00. The molecular formula is C11H20BrN3O. The van der Waals surface area contributed by atoms with Crippen LogP contribution in [-0.2, 0) is 24.2 Å². The third-order valence-corrected chi connectivity index (χ3v) is 3.38. The molecule has 0 saturated heterocycles. The van der Waals surface area contributed by atoms with Crippen LogP contribution in [0.4, 0.5) is 0 Å². The van der Waals surface area contributed by atoms with Crippen LogP contribution in [0.5, 0.6) is 0 Å². The molecule has 0 aliphatic heterocycles. The normalized spacial score (nSPS) is 11.0. The second-order valence-electron chi connectivity index (χ2n) is 3.55. The van der Waals surface area contributed by atoms with Crippen LogP contribution in [-0.4, -0.2) is 30.0 Å². The zero-order valence-corrected chi connectivity index (χ0v) is 11.8. The molecule has 4 nitrogen and oxygen atoms in total. The molecule has 0 amide bonds. The molecule has 1 N–H and O–H groups in total. The fourth-order valence-corrected chi connectivity index (χ4v) is 2.27. The molecule has 0 fully saturated rings. The minimum atomic E-state index is 0.735. The van der Waals surface area contributed by atoms with E-state index < -0.39 is 0 Å². The van der Waals surface area contributed by atoms with Gasteiger partial charge in [-0.2, -0.15) is 5.10 Å². The van der Waals surface area contributed by atoms with Gasteiger partial charge in [-0.25, -0.2) is 0 Å². The predicted octanol–water partition coefficient (Wildman–Crippen LogP) is 1.96. The van der Waals surface area contributed by atoms with Gasteiger partial charge >= 0.3 is 0 Å². The highest BCUT2D eigenvalue weighted by molar-refractivity contribution is 9.10. The first-order valence-corrected chi connectivity index (χ1v) is 6.47. The van der Waals surface area contributed by atoms with Gasteiger partial charge in [0.05, 0.1) is 22.5 Å². The van der Waals surface area contributed by atoms with E-state index in [4.69, 9.17) is 4.74 Å². The molecule has 1 heterocycles. The lowest BCUT2D eigenvalue weighted by atomic mass is 10.3. The number of ether oxygens (including phenoxy) is 1. The van der Waals surface area contributed by atoms with E-state index >= 15 is 0 Å². The lowest BCUT2D eigenvalue weighted by Crippen LogP contribution is -2.20. The molecule has 0 aromatic carbocycles. The second-order valence-corrected chi connectivity index (χ2v) is 4.34. The van der Waals surface area contributed by atoms with Crippen LogP contribution in [0.15, 0.2) is 4.47 Å². The maximum Gasteiger partial charge on any atom is 0.0767 e. The van der Waals surface area contributed by atoms with Gasteiger partial charge in [0.15, 0.2) is 0 Å². The Morgan fingerprint density at radius 3 is 2.75 bits per heavy atom. The summed E-state index contributed by atoms with van der Waals surface area (Å²) in [5, 5.41) is 7.88. The summed E-state index contributed by atoms with van der Waals surface area (Å²) < 4.78 is 8.18. The van der Waals surface area contributed by atoms with Gasteiger partial charge in [-0.1, -0.05) is 6.92 Å². The van der Waals surface area contributed by atoms with E-state index in [0.29, 0.717) is 0 Å². The Labute approximate surface area is 105 Å². The Morgan fingerprint density at radius 1 is 1.44 bits per heavy atom. The van der Waals surface area contributed by atoms with Crippen molar-refractivity contribution in [2.75, 3.05) is 20.3 Å². The van der Waals surface area contributed by atoms with Gasteiger partial charge in [-0.3, -0.25) is 4.68 Å². The van der Waals surface area contributed by atoms with Crippen molar-refractivity contribution in [1.29, 1.82) is 0 Å². The van der Waals surface area contributed by atoms with Crippen LogP contribution in [0.25, 0.3) is 0 Å². The fourth-order valence-electron chi connectivity index (χ4n) is 1.57. The van der Waals surface area contributed by atoms with Crippen molar-refractivity contribution < 1.29 is 4.74 Å². The molecule has 0 atom stereocenters. The van der Waals surface area contributed by atoms with Gasteiger partial charge in [-0.15, -0.1) is 0 Å². The Hall–Kier alpha value is -0.390. The number of hydrogen-bond acceptors (Lipinski definition) is 3. The van der Waals surface area contributed by atoms with Gasteiger partial charge in [0.1, 0.15) is 0 Å². The SMILES string of the molecule is CCc1nn(CC)c(CNCCOC)c1Br. The van der Waals surface area contributed by atoms with Crippen LogP contribution in [0.1, 0.15) is 25.2 Å². The highest BCUT2D eigenvalue weighted by Crippen LogP contribution is 2.21. The van der Waals surface area contributed by atoms with Gasteiger partial charge in [0.25, 0.3) is 0 Å².